The Bertz CT molecular complexity index is 605. The largest absolute Gasteiger partial charge is 0.380 e. The Hall–Kier alpha value is -1.35. The summed E-state index contributed by atoms with van der Waals surface area (Å²) in [7, 11) is 1.76. The number of ether oxygens (including phenoxy) is 1. The third-order valence-electron chi connectivity index (χ3n) is 4.63. The summed E-state index contributed by atoms with van der Waals surface area (Å²) in [4.78, 5) is 18.1. The number of piperidine rings is 1. The van der Waals surface area contributed by atoms with E-state index in [9.17, 15) is 4.79 Å². The van der Waals surface area contributed by atoms with Crippen LogP contribution in [-0.2, 0) is 16.1 Å². The Kier molecular flexibility index (Phi) is 12.1. The van der Waals surface area contributed by atoms with Crippen LogP contribution in [0.5, 0.6) is 0 Å². The lowest BCUT2D eigenvalue weighted by Crippen LogP contribution is -2.38. The number of amides is 1. The zero-order chi connectivity index (χ0) is 19.5. The number of aliphatic imine (C=N–C) groups is 1. The van der Waals surface area contributed by atoms with Gasteiger partial charge in [-0.15, -0.1) is 24.0 Å². The molecule has 0 aromatic heterocycles. The van der Waals surface area contributed by atoms with Crippen molar-refractivity contribution in [2.75, 3.05) is 38.3 Å². The number of anilines is 1. The van der Waals surface area contributed by atoms with E-state index in [1.807, 2.05) is 17.0 Å². The third kappa shape index (κ3) is 8.77. The highest BCUT2D eigenvalue weighted by molar-refractivity contribution is 14.0. The number of benzene rings is 1. The fraction of sp³-hybridized carbons (Fsp3) is 0.619. The van der Waals surface area contributed by atoms with Crippen molar-refractivity contribution in [3.8, 4) is 0 Å². The molecule has 2 N–H and O–H groups in total. The lowest BCUT2D eigenvalue weighted by molar-refractivity contribution is -0.119. The van der Waals surface area contributed by atoms with Crippen LogP contribution in [0.2, 0.25) is 0 Å². The number of carbonyl (C=O) groups excluding carboxylic acids is 1. The van der Waals surface area contributed by atoms with E-state index in [-0.39, 0.29) is 29.9 Å². The maximum atomic E-state index is 12.0. The Morgan fingerprint density at radius 2 is 1.93 bits per heavy atom. The van der Waals surface area contributed by atoms with Gasteiger partial charge in [-0.25, -0.2) is 0 Å². The van der Waals surface area contributed by atoms with Crippen molar-refractivity contribution < 1.29 is 9.53 Å². The normalized spacial score (nSPS) is 14.8. The maximum Gasteiger partial charge on any atom is 0.226 e. The second kappa shape index (κ2) is 13.8. The van der Waals surface area contributed by atoms with Gasteiger partial charge in [0, 0.05) is 45.4 Å². The van der Waals surface area contributed by atoms with Gasteiger partial charge in [0.15, 0.2) is 5.96 Å². The van der Waals surface area contributed by atoms with Gasteiger partial charge in [-0.2, -0.15) is 0 Å². The maximum absolute atomic E-state index is 12.0. The number of halogens is 1. The monoisotopic (exact) mass is 502 g/mol. The van der Waals surface area contributed by atoms with E-state index in [1.165, 1.54) is 0 Å². The first-order valence-corrected chi connectivity index (χ1v) is 10.0. The van der Waals surface area contributed by atoms with Crippen LogP contribution in [-0.4, -0.2) is 45.2 Å². The second-order valence-corrected chi connectivity index (χ2v) is 7.32. The fourth-order valence-electron chi connectivity index (χ4n) is 2.94. The number of nitrogens with one attached hydrogen (secondary N) is 2. The molecule has 28 heavy (non-hydrogen) atoms. The average molecular weight is 502 g/mol. The molecule has 0 unspecified atom stereocenters. The van der Waals surface area contributed by atoms with Crippen molar-refractivity contribution in [1.29, 1.82) is 0 Å². The Morgan fingerprint density at radius 1 is 1.18 bits per heavy atom. The van der Waals surface area contributed by atoms with E-state index in [4.69, 9.17) is 4.74 Å². The van der Waals surface area contributed by atoms with E-state index in [1.54, 1.807) is 7.05 Å². The molecule has 1 saturated heterocycles. The van der Waals surface area contributed by atoms with Gasteiger partial charge in [-0.1, -0.05) is 26.0 Å². The van der Waals surface area contributed by atoms with Gasteiger partial charge in [0.2, 0.25) is 5.91 Å². The minimum atomic E-state index is 0. The lowest BCUT2D eigenvalue weighted by atomic mass is 10.1. The predicted octanol–water partition coefficient (Wildman–Crippen LogP) is 3.55. The molecule has 0 atom stereocenters. The SMILES string of the molecule is CN=C(NCCOCCC(C)C)NCc1ccc(N2CCCCC2=O)cc1.I. The first-order valence-electron chi connectivity index (χ1n) is 10.0. The van der Waals surface area contributed by atoms with Crippen LogP contribution in [0.15, 0.2) is 29.3 Å². The minimum Gasteiger partial charge on any atom is -0.380 e. The van der Waals surface area contributed by atoms with Gasteiger partial charge in [-0.3, -0.25) is 9.79 Å². The van der Waals surface area contributed by atoms with Crippen molar-refractivity contribution in [3.05, 3.63) is 29.8 Å². The fourth-order valence-corrected chi connectivity index (χ4v) is 2.94. The Labute approximate surface area is 186 Å². The summed E-state index contributed by atoms with van der Waals surface area (Å²) < 4.78 is 5.60. The topological polar surface area (TPSA) is 66.0 Å². The summed E-state index contributed by atoms with van der Waals surface area (Å²) in [6, 6.07) is 8.18. The van der Waals surface area contributed by atoms with E-state index < -0.39 is 0 Å². The van der Waals surface area contributed by atoms with Crippen LogP contribution >= 0.6 is 24.0 Å². The highest BCUT2D eigenvalue weighted by Gasteiger charge is 2.19. The highest BCUT2D eigenvalue weighted by Crippen LogP contribution is 2.21. The van der Waals surface area contributed by atoms with Gasteiger partial charge in [0.25, 0.3) is 0 Å². The minimum absolute atomic E-state index is 0. The van der Waals surface area contributed by atoms with Gasteiger partial charge >= 0.3 is 0 Å². The molecule has 1 aliphatic heterocycles. The zero-order valence-electron chi connectivity index (χ0n) is 17.4. The number of nitrogens with zero attached hydrogens (tertiary/aromatic N) is 2. The molecule has 0 radical (unpaired) electrons. The number of hydrogen-bond acceptors (Lipinski definition) is 3. The van der Waals surface area contributed by atoms with Crippen molar-refractivity contribution in [3.63, 3.8) is 0 Å². The number of hydrogen-bond donors (Lipinski definition) is 2. The lowest BCUT2D eigenvalue weighted by Gasteiger charge is -2.26. The molecule has 158 valence electrons. The zero-order valence-corrected chi connectivity index (χ0v) is 19.7. The van der Waals surface area contributed by atoms with Gasteiger partial charge < -0.3 is 20.3 Å². The molecule has 0 spiro atoms. The standard InChI is InChI=1S/C21H34N4O2.HI/c1-17(2)11-14-27-15-12-23-21(22-3)24-16-18-7-9-19(10-8-18)25-13-5-4-6-20(25)26;/h7-10,17H,4-6,11-16H2,1-3H3,(H2,22,23,24);1H. The molecule has 1 amide bonds. The van der Waals surface area contributed by atoms with E-state index >= 15 is 0 Å². The number of rotatable bonds is 9. The molecular formula is C21H35IN4O2. The number of guanidine groups is 1. The molecule has 1 heterocycles. The molecule has 1 aromatic carbocycles. The molecule has 0 aliphatic carbocycles. The van der Waals surface area contributed by atoms with E-state index in [0.717, 1.165) is 56.2 Å². The first-order chi connectivity index (χ1) is 13.1. The molecule has 1 aliphatic rings. The third-order valence-corrected chi connectivity index (χ3v) is 4.63. The predicted molar refractivity (Wildman–Crippen MR) is 127 cm³/mol. The van der Waals surface area contributed by atoms with Gasteiger partial charge in [-0.05, 0) is 42.9 Å². The summed E-state index contributed by atoms with van der Waals surface area (Å²) in [5.41, 5.74) is 2.14. The first kappa shape index (κ1) is 24.7. The molecule has 0 saturated carbocycles. The summed E-state index contributed by atoms with van der Waals surface area (Å²) in [5, 5.41) is 6.56. The summed E-state index contributed by atoms with van der Waals surface area (Å²) in [5.74, 6) is 1.66. The molecule has 7 heteroatoms. The van der Waals surface area contributed by atoms with Crippen molar-refractivity contribution in [1.82, 2.24) is 10.6 Å². The smallest absolute Gasteiger partial charge is 0.226 e. The van der Waals surface area contributed by atoms with Crippen LogP contribution in [0.3, 0.4) is 0 Å². The Morgan fingerprint density at radius 3 is 2.57 bits per heavy atom. The van der Waals surface area contributed by atoms with Crippen molar-refractivity contribution in [2.45, 2.75) is 46.1 Å². The van der Waals surface area contributed by atoms with Crippen LogP contribution < -0.4 is 15.5 Å². The molecule has 6 nitrogen and oxygen atoms in total. The van der Waals surface area contributed by atoms with Crippen LogP contribution in [0.1, 0.15) is 45.1 Å². The van der Waals surface area contributed by atoms with Crippen LogP contribution in [0.4, 0.5) is 5.69 Å². The number of carbonyl (C=O) groups is 1. The molecule has 1 fully saturated rings. The van der Waals surface area contributed by atoms with Crippen LogP contribution in [0.25, 0.3) is 0 Å². The van der Waals surface area contributed by atoms with Crippen molar-refractivity contribution >= 4 is 41.5 Å². The van der Waals surface area contributed by atoms with Crippen LogP contribution in [0, 0.1) is 5.92 Å². The second-order valence-electron chi connectivity index (χ2n) is 7.32. The molecule has 0 bridgehead atoms. The summed E-state index contributed by atoms with van der Waals surface area (Å²) >= 11 is 0. The molecule has 2 rings (SSSR count). The van der Waals surface area contributed by atoms with E-state index in [0.29, 0.717) is 25.5 Å². The average Bonchev–Trinajstić information content (AvgIpc) is 2.67. The summed E-state index contributed by atoms with van der Waals surface area (Å²) in [6.45, 7) is 8.11. The van der Waals surface area contributed by atoms with Crippen molar-refractivity contribution in [2.24, 2.45) is 10.9 Å². The highest BCUT2D eigenvalue weighted by atomic mass is 127. The van der Waals surface area contributed by atoms with E-state index in [2.05, 4.69) is 41.6 Å². The quantitative estimate of drug-likeness (QED) is 0.235. The van der Waals surface area contributed by atoms with Gasteiger partial charge in [0.05, 0.1) is 6.61 Å². The van der Waals surface area contributed by atoms with Gasteiger partial charge in [0.1, 0.15) is 0 Å². The summed E-state index contributed by atoms with van der Waals surface area (Å²) in [6.07, 6.45) is 3.84. The molecular weight excluding hydrogens is 467 g/mol. The Balaban J connectivity index is 0.00000392. The molecule has 1 aromatic rings.